The third-order valence-electron chi connectivity index (χ3n) is 3.15. The Morgan fingerprint density at radius 1 is 1.48 bits per heavy atom. The van der Waals surface area contributed by atoms with Gasteiger partial charge in [-0.2, -0.15) is 10.2 Å². The van der Waals surface area contributed by atoms with Crippen molar-refractivity contribution in [2.24, 2.45) is 7.05 Å². The fourth-order valence-electron chi connectivity index (χ4n) is 2.06. The molecule has 0 fully saturated rings. The Labute approximate surface area is 119 Å². The number of nitrogens with zero attached hydrogens (tertiary/aromatic N) is 5. The second-order valence-corrected chi connectivity index (χ2v) is 4.67. The Balaban J connectivity index is 1.88. The minimum atomic E-state index is -1.11. The molecule has 0 aliphatic rings. The molecule has 0 unspecified atom stereocenters. The maximum atomic E-state index is 11.1. The molecular weight excluding hydrogens is 274 g/mol. The van der Waals surface area contributed by atoms with Crippen LogP contribution in [-0.2, 0) is 13.6 Å². The minimum absolute atomic E-state index is 0.0778. The molecule has 0 saturated carbocycles. The molecule has 3 aromatic rings. The Kier molecular flexibility index (Phi) is 3.05. The number of aromatic carboxylic acids is 1. The second-order valence-electron chi connectivity index (χ2n) is 4.67. The van der Waals surface area contributed by atoms with Gasteiger partial charge in [-0.15, -0.1) is 0 Å². The SMILES string of the molecule is Cc1onc(C(=O)O)c1Cn1ccc(-c2cnn(C)c2)n1. The summed E-state index contributed by atoms with van der Waals surface area (Å²) in [6.45, 7) is 1.97. The normalized spacial score (nSPS) is 11.0. The highest BCUT2D eigenvalue weighted by atomic mass is 16.5. The first-order valence-electron chi connectivity index (χ1n) is 6.25. The number of hydrogen-bond donors (Lipinski definition) is 1. The standard InChI is InChI=1S/C13H13N5O3/c1-8-10(12(13(19)20)16-21-8)7-18-4-3-11(15-18)9-5-14-17(2)6-9/h3-6H,7H2,1-2H3,(H,19,20). The third kappa shape index (κ3) is 2.42. The molecule has 0 spiro atoms. The number of hydrogen-bond acceptors (Lipinski definition) is 5. The molecule has 3 rings (SSSR count). The molecule has 0 radical (unpaired) electrons. The first-order valence-corrected chi connectivity index (χ1v) is 6.25. The average Bonchev–Trinajstić information content (AvgIpc) is 3.12. The fraction of sp³-hybridized carbons (Fsp3) is 0.231. The molecule has 108 valence electrons. The third-order valence-corrected chi connectivity index (χ3v) is 3.15. The van der Waals surface area contributed by atoms with Crippen LogP contribution in [0.3, 0.4) is 0 Å². The minimum Gasteiger partial charge on any atom is -0.476 e. The summed E-state index contributed by atoms with van der Waals surface area (Å²) in [6.07, 6.45) is 5.36. The highest BCUT2D eigenvalue weighted by molar-refractivity contribution is 5.87. The van der Waals surface area contributed by atoms with Crippen LogP contribution >= 0.6 is 0 Å². The van der Waals surface area contributed by atoms with Gasteiger partial charge in [-0.05, 0) is 13.0 Å². The van der Waals surface area contributed by atoms with Gasteiger partial charge in [0.1, 0.15) is 5.76 Å². The summed E-state index contributed by atoms with van der Waals surface area (Å²) in [4.78, 5) is 11.1. The number of carboxylic acids is 1. The van der Waals surface area contributed by atoms with Gasteiger partial charge in [0.25, 0.3) is 0 Å². The Hall–Kier alpha value is -2.90. The van der Waals surface area contributed by atoms with Crippen molar-refractivity contribution in [2.75, 3.05) is 0 Å². The van der Waals surface area contributed by atoms with E-state index >= 15 is 0 Å². The summed E-state index contributed by atoms with van der Waals surface area (Å²) in [5.74, 6) is -0.632. The highest BCUT2D eigenvalue weighted by Gasteiger charge is 2.19. The lowest BCUT2D eigenvalue weighted by atomic mass is 10.2. The molecule has 0 aliphatic heterocycles. The van der Waals surface area contributed by atoms with Crippen LogP contribution in [0.1, 0.15) is 21.8 Å². The van der Waals surface area contributed by atoms with E-state index in [-0.39, 0.29) is 12.2 Å². The van der Waals surface area contributed by atoms with E-state index in [1.807, 2.05) is 19.3 Å². The summed E-state index contributed by atoms with van der Waals surface area (Å²) in [6, 6.07) is 1.85. The van der Waals surface area contributed by atoms with E-state index in [1.54, 1.807) is 28.7 Å². The lowest BCUT2D eigenvalue weighted by Crippen LogP contribution is -2.07. The Bertz CT molecular complexity index is 798. The highest BCUT2D eigenvalue weighted by Crippen LogP contribution is 2.18. The van der Waals surface area contributed by atoms with Gasteiger partial charge < -0.3 is 9.63 Å². The van der Waals surface area contributed by atoms with Gasteiger partial charge in [0.2, 0.25) is 0 Å². The first-order chi connectivity index (χ1) is 10.0. The van der Waals surface area contributed by atoms with Crippen molar-refractivity contribution in [2.45, 2.75) is 13.5 Å². The lowest BCUT2D eigenvalue weighted by Gasteiger charge is -2.00. The van der Waals surface area contributed by atoms with Crippen LogP contribution in [0.2, 0.25) is 0 Å². The Morgan fingerprint density at radius 2 is 2.29 bits per heavy atom. The van der Waals surface area contributed by atoms with Crippen molar-refractivity contribution in [3.63, 3.8) is 0 Å². The molecule has 3 aromatic heterocycles. The van der Waals surface area contributed by atoms with Crippen LogP contribution in [0.15, 0.2) is 29.2 Å². The van der Waals surface area contributed by atoms with Crippen LogP contribution in [0.4, 0.5) is 0 Å². The van der Waals surface area contributed by atoms with Gasteiger partial charge >= 0.3 is 5.97 Å². The molecule has 3 heterocycles. The second kappa shape index (κ2) is 4.89. The zero-order valence-electron chi connectivity index (χ0n) is 11.5. The molecule has 0 bridgehead atoms. The summed E-state index contributed by atoms with van der Waals surface area (Å²) >= 11 is 0. The van der Waals surface area contributed by atoms with E-state index in [0.29, 0.717) is 11.3 Å². The number of carbonyl (C=O) groups is 1. The van der Waals surface area contributed by atoms with Crippen LogP contribution < -0.4 is 0 Å². The van der Waals surface area contributed by atoms with Crippen LogP contribution in [0, 0.1) is 6.92 Å². The van der Waals surface area contributed by atoms with Crippen molar-refractivity contribution in [3.8, 4) is 11.3 Å². The van der Waals surface area contributed by atoms with E-state index in [4.69, 9.17) is 9.63 Å². The quantitative estimate of drug-likeness (QED) is 0.777. The molecule has 0 aliphatic carbocycles. The summed E-state index contributed by atoms with van der Waals surface area (Å²) in [5, 5.41) is 21.1. The van der Waals surface area contributed by atoms with Gasteiger partial charge in [0.05, 0.1) is 24.0 Å². The zero-order chi connectivity index (χ0) is 15.0. The van der Waals surface area contributed by atoms with Crippen molar-refractivity contribution >= 4 is 5.97 Å². The Morgan fingerprint density at radius 3 is 2.95 bits per heavy atom. The maximum absolute atomic E-state index is 11.1. The van der Waals surface area contributed by atoms with Gasteiger partial charge in [0.15, 0.2) is 5.69 Å². The van der Waals surface area contributed by atoms with Gasteiger partial charge in [-0.1, -0.05) is 5.16 Å². The summed E-state index contributed by atoms with van der Waals surface area (Å²) < 4.78 is 8.28. The predicted molar refractivity (Wildman–Crippen MR) is 71.7 cm³/mol. The van der Waals surface area contributed by atoms with E-state index < -0.39 is 5.97 Å². The monoisotopic (exact) mass is 287 g/mol. The van der Waals surface area contributed by atoms with E-state index in [9.17, 15) is 4.79 Å². The van der Waals surface area contributed by atoms with Crippen molar-refractivity contribution in [1.29, 1.82) is 0 Å². The molecule has 0 amide bonds. The summed E-state index contributed by atoms with van der Waals surface area (Å²) in [5.41, 5.74) is 2.11. The molecule has 0 atom stereocenters. The molecule has 0 aromatic carbocycles. The van der Waals surface area contributed by atoms with Gasteiger partial charge in [-0.3, -0.25) is 9.36 Å². The largest absolute Gasteiger partial charge is 0.476 e. The number of aryl methyl sites for hydroxylation is 2. The van der Waals surface area contributed by atoms with Crippen LogP contribution in [-0.4, -0.2) is 35.8 Å². The number of aromatic nitrogens is 5. The number of carboxylic acid groups (broad SMARTS) is 1. The molecule has 0 saturated heterocycles. The molecule has 8 heteroatoms. The van der Waals surface area contributed by atoms with E-state index in [2.05, 4.69) is 15.4 Å². The smallest absolute Gasteiger partial charge is 0.358 e. The predicted octanol–water partition coefficient (Wildman–Crippen LogP) is 1.33. The number of rotatable bonds is 4. The zero-order valence-corrected chi connectivity index (χ0v) is 11.5. The summed E-state index contributed by atoms with van der Waals surface area (Å²) in [7, 11) is 1.83. The molecular formula is C13H13N5O3. The molecule has 21 heavy (non-hydrogen) atoms. The van der Waals surface area contributed by atoms with Crippen LogP contribution in [0.5, 0.6) is 0 Å². The lowest BCUT2D eigenvalue weighted by molar-refractivity contribution is 0.0684. The molecule has 1 N–H and O–H groups in total. The van der Waals surface area contributed by atoms with E-state index in [0.717, 1.165) is 11.3 Å². The topological polar surface area (TPSA) is 99.0 Å². The van der Waals surface area contributed by atoms with Crippen molar-refractivity contribution < 1.29 is 14.4 Å². The molecule has 8 nitrogen and oxygen atoms in total. The maximum Gasteiger partial charge on any atom is 0.358 e. The van der Waals surface area contributed by atoms with Gasteiger partial charge in [-0.25, -0.2) is 4.79 Å². The van der Waals surface area contributed by atoms with Gasteiger partial charge in [0, 0.05) is 25.0 Å². The van der Waals surface area contributed by atoms with E-state index in [1.165, 1.54) is 0 Å². The first kappa shape index (κ1) is 13.1. The van der Waals surface area contributed by atoms with Crippen molar-refractivity contribution in [1.82, 2.24) is 24.7 Å². The average molecular weight is 287 g/mol. The fourth-order valence-corrected chi connectivity index (χ4v) is 2.06. The van der Waals surface area contributed by atoms with Crippen molar-refractivity contribution in [3.05, 3.63) is 41.7 Å². The van der Waals surface area contributed by atoms with Crippen LogP contribution in [0.25, 0.3) is 11.3 Å².